The molecule has 1 amide bonds. The Bertz CT molecular complexity index is 1530. The van der Waals surface area contributed by atoms with Crippen molar-refractivity contribution in [2.45, 2.75) is 77.0 Å². The zero-order valence-electron chi connectivity index (χ0n) is 21.7. The van der Waals surface area contributed by atoms with E-state index >= 15 is 0 Å². The molecule has 1 atom stereocenters. The van der Waals surface area contributed by atoms with Gasteiger partial charge in [0.2, 0.25) is 5.91 Å². The summed E-state index contributed by atoms with van der Waals surface area (Å²) in [6.07, 6.45) is 3.65. The Morgan fingerprint density at radius 1 is 1.05 bits per heavy atom. The van der Waals surface area contributed by atoms with E-state index in [2.05, 4.69) is 9.72 Å². The summed E-state index contributed by atoms with van der Waals surface area (Å²) in [6, 6.07) is 9.31. The molecule has 0 spiro atoms. The smallest absolute Gasteiger partial charge is 0.227 e. The number of hydrogen-bond donors (Lipinski definition) is 1. The zero-order chi connectivity index (χ0) is 26.8. The van der Waals surface area contributed by atoms with Crippen LogP contribution in [-0.2, 0) is 4.79 Å². The highest BCUT2D eigenvalue weighted by Crippen LogP contribution is 2.43. The monoisotopic (exact) mass is 520 g/mol. The van der Waals surface area contributed by atoms with Crippen LogP contribution in [0.25, 0.3) is 22.2 Å². The second-order valence-corrected chi connectivity index (χ2v) is 10.9. The fraction of sp³-hybridized carbons (Fsp3) is 0.414. The maximum atomic E-state index is 14.2. The van der Waals surface area contributed by atoms with E-state index in [9.17, 15) is 18.7 Å². The lowest BCUT2D eigenvalue weighted by Crippen LogP contribution is -2.33. The standard InChI is InChI=1S/C29H30F2N4O3/c1-16-27(17(2)38-33-16)18-4-7-24-23(14-18)32-28(35(24)19-10-12-29(3,37)13-11-19)25-8-9-26(36)34(25)20-5-6-21(30)22(31)15-20/h4-7,14-15,19,25,37H,8-13H2,1-3H3/t19?,25-,29?/m0/s1. The maximum absolute atomic E-state index is 14.2. The lowest BCUT2D eigenvalue weighted by Gasteiger charge is -2.35. The molecule has 1 saturated heterocycles. The highest BCUT2D eigenvalue weighted by atomic mass is 19.2. The van der Waals surface area contributed by atoms with Gasteiger partial charge in [0.05, 0.1) is 28.4 Å². The van der Waals surface area contributed by atoms with Crippen LogP contribution in [0.15, 0.2) is 40.9 Å². The Labute approximate surface area is 219 Å². The molecule has 2 aromatic heterocycles. The molecular weight excluding hydrogens is 490 g/mol. The molecule has 1 N–H and O–H groups in total. The Kier molecular flexibility index (Phi) is 5.86. The number of anilines is 1. The number of aromatic nitrogens is 3. The fourth-order valence-electron chi connectivity index (χ4n) is 6.16. The predicted molar refractivity (Wildman–Crippen MR) is 139 cm³/mol. The van der Waals surface area contributed by atoms with Gasteiger partial charge in [-0.25, -0.2) is 13.8 Å². The van der Waals surface area contributed by atoms with Gasteiger partial charge in [0.15, 0.2) is 11.6 Å². The van der Waals surface area contributed by atoms with Crippen LogP contribution in [0.5, 0.6) is 0 Å². The molecule has 0 unspecified atom stereocenters. The van der Waals surface area contributed by atoms with Crippen molar-refractivity contribution in [3.05, 3.63) is 65.3 Å². The van der Waals surface area contributed by atoms with Crippen LogP contribution in [0.1, 0.15) is 74.8 Å². The highest BCUT2D eigenvalue weighted by Gasteiger charge is 2.39. The first-order valence-corrected chi connectivity index (χ1v) is 13.1. The van der Waals surface area contributed by atoms with Gasteiger partial charge in [-0.1, -0.05) is 11.2 Å². The van der Waals surface area contributed by atoms with Crippen LogP contribution in [-0.4, -0.2) is 31.3 Å². The molecule has 4 aromatic rings. The molecule has 1 saturated carbocycles. The number of fused-ring (bicyclic) bond motifs is 1. The number of benzene rings is 2. The molecule has 0 bridgehead atoms. The van der Waals surface area contributed by atoms with E-state index in [0.29, 0.717) is 24.9 Å². The van der Waals surface area contributed by atoms with Crippen LogP contribution in [0.2, 0.25) is 0 Å². The van der Waals surface area contributed by atoms with Gasteiger partial charge in [-0.05, 0) is 82.7 Å². The van der Waals surface area contributed by atoms with Gasteiger partial charge < -0.3 is 19.1 Å². The Hall–Kier alpha value is -3.59. The minimum atomic E-state index is -0.993. The Morgan fingerprint density at radius 3 is 2.50 bits per heavy atom. The third kappa shape index (κ3) is 4.09. The number of aryl methyl sites for hydroxylation is 2. The molecule has 1 aliphatic heterocycles. The van der Waals surface area contributed by atoms with E-state index in [1.807, 2.05) is 39.0 Å². The van der Waals surface area contributed by atoms with Crippen molar-refractivity contribution in [2.75, 3.05) is 4.90 Å². The second-order valence-electron chi connectivity index (χ2n) is 10.9. The maximum Gasteiger partial charge on any atom is 0.227 e. The van der Waals surface area contributed by atoms with E-state index in [4.69, 9.17) is 9.51 Å². The quantitative estimate of drug-likeness (QED) is 0.340. The van der Waals surface area contributed by atoms with Gasteiger partial charge in [-0.15, -0.1) is 0 Å². The van der Waals surface area contributed by atoms with E-state index in [0.717, 1.165) is 64.4 Å². The fourth-order valence-corrected chi connectivity index (χ4v) is 6.16. The van der Waals surface area contributed by atoms with E-state index in [1.54, 1.807) is 4.90 Å². The number of amides is 1. The molecule has 198 valence electrons. The van der Waals surface area contributed by atoms with Gasteiger partial charge in [-0.2, -0.15) is 0 Å². The van der Waals surface area contributed by atoms with Crippen LogP contribution < -0.4 is 4.90 Å². The Morgan fingerprint density at radius 2 is 1.82 bits per heavy atom. The van der Waals surface area contributed by atoms with Crippen LogP contribution >= 0.6 is 0 Å². The van der Waals surface area contributed by atoms with E-state index in [-0.39, 0.29) is 18.4 Å². The molecule has 2 aromatic carbocycles. The molecule has 2 aliphatic rings. The van der Waals surface area contributed by atoms with Crippen molar-refractivity contribution >= 4 is 22.6 Å². The van der Waals surface area contributed by atoms with Crippen molar-refractivity contribution in [3.8, 4) is 11.1 Å². The molecule has 38 heavy (non-hydrogen) atoms. The van der Waals surface area contributed by atoms with Gasteiger partial charge in [0.25, 0.3) is 0 Å². The highest BCUT2D eigenvalue weighted by molar-refractivity contribution is 5.96. The SMILES string of the molecule is Cc1noc(C)c1-c1ccc2c(c1)nc([C@@H]1CCC(=O)N1c1ccc(F)c(F)c1)n2C1CCC(C)(O)CC1. The molecule has 1 aliphatic carbocycles. The molecule has 9 heteroatoms. The topological polar surface area (TPSA) is 84.4 Å². The summed E-state index contributed by atoms with van der Waals surface area (Å²) in [5, 5.41) is 14.7. The summed E-state index contributed by atoms with van der Waals surface area (Å²) >= 11 is 0. The summed E-state index contributed by atoms with van der Waals surface area (Å²) in [5.41, 5.74) is 3.99. The molecule has 6 rings (SSSR count). The Balaban J connectivity index is 1.50. The lowest BCUT2D eigenvalue weighted by molar-refractivity contribution is -0.117. The second kappa shape index (κ2) is 9.01. The minimum absolute atomic E-state index is 0.0858. The van der Waals surface area contributed by atoms with E-state index in [1.165, 1.54) is 6.07 Å². The van der Waals surface area contributed by atoms with Crippen LogP contribution in [0, 0.1) is 25.5 Å². The first kappa shape index (κ1) is 24.7. The molecular formula is C29H30F2N4O3. The van der Waals surface area contributed by atoms with Crippen molar-refractivity contribution in [1.82, 2.24) is 14.7 Å². The number of rotatable bonds is 4. The predicted octanol–water partition coefficient (Wildman–Crippen LogP) is 6.32. The minimum Gasteiger partial charge on any atom is -0.390 e. The summed E-state index contributed by atoms with van der Waals surface area (Å²) in [4.78, 5) is 19.7. The first-order chi connectivity index (χ1) is 18.1. The third-order valence-electron chi connectivity index (χ3n) is 8.13. The van der Waals surface area contributed by atoms with Gasteiger partial charge in [-0.3, -0.25) is 4.79 Å². The number of halogens is 2. The molecule has 2 fully saturated rings. The number of hydrogen-bond acceptors (Lipinski definition) is 5. The number of imidazole rings is 1. The van der Waals surface area contributed by atoms with Crippen molar-refractivity contribution in [3.63, 3.8) is 0 Å². The molecule has 7 nitrogen and oxygen atoms in total. The van der Waals surface area contributed by atoms with Crippen LogP contribution in [0.4, 0.5) is 14.5 Å². The summed E-state index contributed by atoms with van der Waals surface area (Å²) in [5.74, 6) is -0.652. The van der Waals surface area contributed by atoms with Gasteiger partial charge in [0.1, 0.15) is 11.6 Å². The number of carbonyl (C=O) groups is 1. The summed E-state index contributed by atoms with van der Waals surface area (Å²) < 4.78 is 35.5. The number of carbonyl (C=O) groups excluding carboxylic acids is 1. The molecule has 0 radical (unpaired) electrons. The van der Waals surface area contributed by atoms with Crippen molar-refractivity contribution < 1.29 is 23.2 Å². The van der Waals surface area contributed by atoms with Crippen molar-refractivity contribution in [1.29, 1.82) is 0 Å². The third-order valence-corrected chi connectivity index (χ3v) is 8.13. The zero-order valence-corrected chi connectivity index (χ0v) is 21.7. The summed E-state index contributed by atoms with van der Waals surface area (Å²) in [7, 11) is 0. The van der Waals surface area contributed by atoms with Crippen molar-refractivity contribution in [2.24, 2.45) is 0 Å². The molecule has 3 heterocycles. The normalized spacial score (nSPS) is 24.1. The average molecular weight is 521 g/mol. The van der Waals surface area contributed by atoms with Gasteiger partial charge >= 0.3 is 0 Å². The number of aliphatic hydroxyl groups is 1. The first-order valence-electron chi connectivity index (χ1n) is 13.1. The largest absolute Gasteiger partial charge is 0.390 e. The summed E-state index contributed by atoms with van der Waals surface area (Å²) in [6.45, 7) is 5.64. The van der Waals surface area contributed by atoms with Crippen LogP contribution in [0.3, 0.4) is 0 Å². The average Bonchev–Trinajstić information content (AvgIpc) is 3.55. The lowest BCUT2D eigenvalue weighted by atomic mass is 9.83. The van der Waals surface area contributed by atoms with Gasteiger partial charge in [0, 0.05) is 29.8 Å². The number of nitrogens with zero attached hydrogens (tertiary/aromatic N) is 4. The van der Waals surface area contributed by atoms with E-state index < -0.39 is 23.3 Å².